The summed E-state index contributed by atoms with van der Waals surface area (Å²) in [6.07, 6.45) is 1.79. The topological polar surface area (TPSA) is 38.9 Å². The van der Waals surface area contributed by atoms with E-state index in [2.05, 4.69) is 11.9 Å². The molecular formula is C9H13ClN2. The number of nitrogens with two attached hydrogens (primary N) is 1. The Morgan fingerprint density at radius 3 is 2.83 bits per heavy atom. The zero-order valence-corrected chi connectivity index (χ0v) is 7.93. The number of hydrogen-bond donors (Lipinski definition) is 1. The Labute approximate surface area is 77.8 Å². The third kappa shape index (κ3) is 2.19. The SMILES string of the molecule is CCc1ccc(Cl)nc1CCN. The molecular weight excluding hydrogens is 172 g/mol. The minimum absolute atomic E-state index is 0.552. The fraction of sp³-hybridized carbons (Fsp3) is 0.444. The van der Waals surface area contributed by atoms with Crippen LogP contribution in [0.25, 0.3) is 0 Å². The monoisotopic (exact) mass is 184 g/mol. The van der Waals surface area contributed by atoms with E-state index in [1.54, 1.807) is 0 Å². The lowest BCUT2D eigenvalue weighted by atomic mass is 10.1. The van der Waals surface area contributed by atoms with Gasteiger partial charge in [-0.3, -0.25) is 0 Å². The first kappa shape index (κ1) is 9.49. The summed E-state index contributed by atoms with van der Waals surface area (Å²) in [5, 5.41) is 0.552. The van der Waals surface area contributed by atoms with E-state index in [0.717, 1.165) is 18.5 Å². The number of pyridine rings is 1. The number of nitrogens with zero attached hydrogens (tertiary/aromatic N) is 1. The third-order valence-corrected chi connectivity index (χ3v) is 2.01. The lowest BCUT2D eigenvalue weighted by molar-refractivity contribution is 0.891. The highest BCUT2D eigenvalue weighted by molar-refractivity contribution is 6.29. The highest BCUT2D eigenvalue weighted by atomic mass is 35.5. The zero-order valence-electron chi connectivity index (χ0n) is 7.18. The second-order valence-corrected chi connectivity index (χ2v) is 3.02. The van der Waals surface area contributed by atoms with Crippen molar-refractivity contribution in [1.29, 1.82) is 0 Å². The summed E-state index contributed by atoms with van der Waals surface area (Å²) < 4.78 is 0. The summed E-state index contributed by atoms with van der Waals surface area (Å²) in [4.78, 5) is 4.22. The van der Waals surface area contributed by atoms with Gasteiger partial charge in [-0.1, -0.05) is 24.6 Å². The molecule has 0 saturated carbocycles. The lowest BCUT2D eigenvalue weighted by Crippen LogP contribution is -2.07. The normalized spacial score (nSPS) is 10.2. The van der Waals surface area contributed by atoms with Crippen LogP contribution >= 0.6 is 11.6 Å². The fourth-order valence-corrected chi connectivity index (χ4v) is 1.34. The van der Waals surface area contributed by atoms with Crippen molar-refractivity contribution < 1.29 is 0 Å². The Morgan fingerprint density at radius 2 is 2.25 bits per heavy atom. The summed E-state index contributed by atoms with van der Waals surface area (Å²) in [5.41, 5.74) is 7.73. The van der Waals surface area contributed by atoms with Crippen molar-refractivity contribution >= 4 is 11.6 Å². The molecule has 0 radical (unpaired) electrons. The average Bonchev–Trinajstić information content (AvgIpc) is 2.05. The molecule has 0 amide bonds. The van der Waals surface area contributed by atoms with E-state index in [0.29, 0.717) is 11.7 Å². The molecule has 3 heteroatoms. The molecule has 0 aliphatic heterocycles. The van der Waals surface area contributed by atoms with Gasteiger partial charge in [-0.05, 0) is 24.6 Å². The Balaban J connectivity index is 2.95. The van der Waals surface area contributed by atoms with Crippen LogP contribution in [0.2, 0.25) is 5.15 Å². The number of aromatic nitrogens is 1. The van der Waals surface area contributed by atoms with Crippen molar-refractivity contribution in [3.8, 4) is 0 Å². The van der Waals surface area contributed by atoms with Crippen molar-refractivity contribution in [1.82, 2.24) is 4.98 Å². The third-order valence-electron chi connectivity index (χ3n) is 1.80. The molecule has 0 atom stereocenters. The van der Waals surface area contributed by atoms with Crippen LogP contribution in [0.3, 0.4) is 0 Å². The van der Waals surface area contributed by atoms with Gasteiger partial charge in [0.1, 0.15) is 5.15 Å². The molecule has 2 N–H and O–H groups in total. The molecule has 0 bridgehead atoms. The van der Waals surface area contributed by atoms with Crippen molar-refractivity contribution in [2.24, 2.45) is 5.73 Å². The minimum Gasteiger partial charge on any atom is -0.330 e. The van der Waals surface area contributed by atoms with Crippen molar-refractivity contribution in [3.05, 3.63) is 28.5 Å². The van der Waals surface area contributed by atoms with Gasteiger partial charge in [-0.2, -0.15) is 0 Å². The van der Waals surface area contributed by atoms with Crippen LogP contribution in [0.1, 0.15) is 18.2 Å². The largest absolute Gasteiger partial charge is 0.330 e. The van der Waals surface area contributed by atoms with Crippen molar-refractivity contribution in [3.63, 3.8) is 0 Å². The second kappa shape index (κ2) is 4.43. The quantitative estimate of drug-likeness (QED) is 0.728. The molecule has 0 unspecified atom stereocenters. The average molecular weight is 185 g/mol. The Bertz CT molecular complexity index is 261. The van der Waals surface area contributed by atoms with Crippen LogP contribution in [-0.2, 0) is 12.8 Å². The van der Waals surface area contributed by atoms with Gasteiger partial charge in [0, 0.05) is 12.1 Å². The first-order valence-corrected chi connectivity index (χ1v) is 4.50. The van der Waals surface area contributed by atoms with Crippen LogP contribution in [0.4, 0.5) is 0 Å². The van der Waals surface area contributed by atoms with Gasteiger partial charge in [-0.25, -0.2) is 4.98 Å². The van der Waals surface area contributed by atoms with Gasteiger partial charge >= 0.3 is 0 Å². The first-order chi connectivity index (χ1) is 5.77. The Hall–Kier alpha value is -0.600. The number of hydrogen-bond acceptors (Lipinski definition) is 2. The fourth-order valence-electron chi connectivity index (χ4n) is 1.18. The highest BCUT2D eigenvalue weighted by Crippen LogP contribution is 2.12. The predicted molar refractivity (Wildman–Crippen MR) is 51.4 cm³/mol. The molecule has 1 rings (SSSR count). The predicted octanol–water partition coefficient (Wildman–Crippen LogP) is 1.80. The van der Waals surface area contributed by atoms with Gasteiger partial charge in [0.2, 0.25) is 0 Å². The summed E-state index contributed by atoms with van der Waals surface area (Å²) >= 11 is 5.76. The standard InChI is InChI=1S/C9H13ClN2/c1-2-7-3-4-9(10)12-8(7)5-6-11/h3-4H,2,5-6,11H2,1H3. The summed E-state index contributed by atoms with van der Waals surface area (Å²) in [5.74, 6) is 0. The molecule has 66 valence electrons. The van der Waals surface area contributed by atoms with Crippen LogP contribution in [-0.4, -0.2) is 11.5 Å². The van der Waals surface area contributed by atoms with Gasteiger partial charge in [-0.15, -0.1) is 0 Å². The van der Waals surface area contributed by atoms with E-state index in [1.165, 1.54) is 5.56 Å². The second-order valence-electron chi connectivity index (χ2n) is 2.63. The summed E-state index contributed by atoms with van der Waals surface area (Å²) in [6, 6.07) is 3.83. The molecule has 0 aromatic carbocycles. The molecule has 2 nitrogen and oxygen atoms in total. The number of halogens is 1. The van der Waals surface area contributed by atoms with E-state index < -0.39 is 0 Å². The van der Waals surface area contributed by atoms with Gasteiger partial charge in [0.05, 0.1) is 0 Å². The van der Waals surface area contributed by atoms with Crippen LogP contribution < -0.4 is 5.73 Å². The van der Waals surface area contributed by atoms with Crippen LogP contribution in [0.15, 0.2) is 12.1 Å². The minimum atomic E-state index is 0.552. The Kier molecular flexibility index (Phi) is 3.50. The van der Waals surface area contributed by atoms with E-state index in [4.69, 9.17) is 17.3 Å². The van der Waals surface area contributed by atoms with E-state index >= 15 is 0 Å². The Morgan fingerprint density at radius 1 is 1.50 bits per heavy atom. The molecule has 0 saturated heterocycles. The highest BCUT2D eigenvalue weighted by Gasteiger charge is 2.01. The molecule has 0 spiro atoms. The number of aryl methyl sites for hydroxylation is 1. The summed E-state index contributed by atoms with van der Waals surface area (Å²) in [7, 11) is 0. The van der Waals surface area contributed by atoms with Crippen LogP contribution in [0.5, 0.6) is 0 Å². The van der Waals surface area contributed by atoms with Crippen LogP contribution in [0, 0.1) is 0 Å². The van der Waals surface area contributed by atoms with Gasteiger partial charge in [0.25, 0.3) is 0 Å². The lowest BCUT2D eigenvalue weighted by Gasteiger charge is -2.04. The first-order valence-electron chi connectivity index (χ1n) is 4.12. The molecule has 1 aromatic heterocycles. The smallest absolute Gasteiger partial charge is 0.129 e. The maximum absolute atomic E-state index is 5.76. The molecule has 1 aromatic rings. The molecule has 1 heterocycles. The molecule has 0 aliphatic carbocycles. The zero-order chi connectivity index (χ0) is 8.97. The van der Waals surface area contributed by atoms with Gasteiger partial charge < -0.3 is 5.73 Å². The van der Waals surface area contributed by atoms with E-state index in [-0.39, 0.29) is 0 Å². The molecule has 0 fully saturated rings. The van der Waals surface area contributed by atoms with Crippen molar-refractivity contribution in [2.75, 3.05) is 6.54 Å². The molecule has 12 heavy (non-hydrogen) atoms. The maximum Gasteiger partial charge on any atom is 0.129 e. The van der Waals surface area contributed by atoms with Crippen molar-refractivity contribution in [2.45, 2.75) is 19.8 Å². The number of rotatable bonds is 3. The maximum atomic E-state index is 5.76. The summed E-state index contributed by atoms with van der Waals surface area (Å²) in [6.45, 7) is 2.73. The van der Waals surface area contributed by atoms with E-state index in [9.17, 15) is 0 Å². The molecule has 0 aliphatic rings. The van der Waals surface area contributed by atoms with E-state index in [1.807, 2.05) is 12.1 Å². The van der Waals surface area contributed by atoms with Gasteiger partial charge in [0.15, 0.2) is 0 Å².